The summed E-state index contributed by atoms with van der Waals surface area (Å²) in [6.45, 7) is 8.74. The van der Waals surface area contributed by atoms with Gasteiger partial charge in [0.2, 0.25) is 0 Å². The zero-order valence-corrected chi connectivity index (χ0v) is 13.2. The first-order valence-corrected chi connectivity index (χ1v) is 8.25. The molecule has 2 heteroatoms. The van der Waals surface area contributed by atoms with E-state index in [0.29, 0.717) is 12.0 Å². The molecule has 0 amide bonds. The number of hydrogen-bond acceptors (Lipinski definition) is 2. The lowest BCUT2D eigenvalue weighted by molar-refractivity contribution is 0.230. The molecule has 0 aromatic heterocycles. The van der Waals surface area contributed by atoms with Crippen LogP contribution >= 0.6 is 0 Å². The van der Waals surface area contributed by atoms with Gasteiger partial charge < -0.3 is 10.1 Å². The molecule has 0 aliphatic carbocycles. The Kier molecular flexibility index (Phi) is 5.90. The summed E-state index contributed by atoms with van der Waals surface area (Å²) in [5.74, 6) is 2.52. The van der Waals surface area contributed by atoms with Crippen molar-refractivity contribution >= 4 is 0 Å². The largest absolute Gasteiger partial charge is 0.493 e. The molecule has 1 N–H and O–H groups in total. The van der Waals surface area contributed by atoms with E-state index in [1.807, 2.05) is 0 Å². The van der Waals surface area contributed by atoms with Crippen LogP contribution in [0.2, 0.25) is 0 Å². The van der Waals surface area contributed by atoms with Crippen LogP contribution in [0.3, 0.4) is 0 Å². The molecule has 2 atom stereocenters. The Labute approximate surface area is 123 Å². The van der Waals surface area contributed by atoms with Crippen LogP contribution in [0.15, 0.2) is 24.3 Å². The third-order valence-electron chi connectivity index (χ3n) is 4.70. The molecule has 0 fully saturated rings. The lowest BCUT2D eigenvalue weighted by Crippen LogP contribution is -2.38. The molecule has 0 saturated carbocycles. The molecule has 2 unspecified atom stereocenters. The average molecular weight is 275 g/mol. The molecule has 1 aromatic carbocycles. The predicted molar refractivity (Wildman–Crippen MR) is 85.4 cm³/mol. The van der Waals surface area contributed by atoms with Crippen molar-refractivity contribution < 1.29 is 4.74 Å². The van der Waals surface area contributed by atoms with Gasteiger partial charge in [0.1, 0.15) is 5.75 Å². The van der Waals surface area contributed by atoms with Gasteiger partial charge in [0.25, 0.3) is 0 Å². The summed E-state index contributed by atoms with van der Waals surface area (Å²) < 4.78 is 5.81. The van der Waals surface area contributed by atoms with Crippen molar-refractivity contribution in [1.29, 1.82) is 0 Å². The van der Waals surface area contributed by atoms with E-state index < -0.39 is 0 Å². The zero-order chi connectivity index (χ0) is 14.4. The van der Waals surface area contributed by atoms with Gasteiger partial charge in [-0.1, -0.05) is 51.8 Å². The SMILES string of the molecule is CCNC(CC(CC)CC)C1CCOc2ccccc21. The normalized spacial score (nSPS) is 19.5. The quantitative estimate of drug-likeness (QED) is 0.798. The Morgan fingerprint density at radius 3 is 2.65 bits per heavy atom. The van der Waals surface area contributed by atoms with Crippen molar-refractivity contribution in [1.82, 2.24) is 5.32 Å². The highest BCUT2D eigenvalue weighted by molar-refractivity contribution is 5.38. The number of rotatable bonds is 7. The van der Waals surface area contributed by atoms with Crippen LogP contribution < -0.4 is 10.1 Å². The number of fused-ring (bicyclic) bond motifs is 1. The fourth-order valence-corrected chi connectivity index (χ4v) is 3.42. The number of ether oxygens (including phenoxy) is 1. The number of benzene rings is 1. The lowest BCUT2D eigenvalue weighted by Gasteiger charge is -2.34. The Bertz CT molecular complexity index is 400. The van der Waals surface area contributed by atoms with Gasteiger partial charge in [0, 0.05) is 12.0 Å². The summed E-state index contributed by atoms with van der Waals surface area (Å²) in [6.07, 6.45) is 4.97. The topological polar surface area (TPSA) is 21.3 Å². The maximum atomic E-state index is 5.81. The van der Waals surface area contributed by atoms with E-state index in [-0.39, 0.29) is 0 Å². The van der Waals surface area contributed by atoms with Crippen molar-refractivity contribution in [2.75, 3.05) is 13.2 Å². The molecule has 1 aromatic rings. The van der Waals surface area contributed by atoms with Crippen molar-refractivity contribution in [2.24, 2.45) is 5.92 Å². The van der Waals surface area contributed by atoms with Gasteiger partial charge >= 0.3 is 0 Å². The molecule has 0 bridgehead atoms. The molecule has 112 valence electrons. The fourth-order valence-electron chi connectivity index (χ4n) is 3.42. The van der Waals surface area contributed by atoms with Gasteiger partial charge in [-0.3, -0.25) is 0 Å². The van der Waals surface area contributed by atoms with Crippen LogP contribution in [-0.4, -0.2) is 19.2 Å². The van der Waals surface area contributed by atoms with E-state index >= 15 is 0 Å². The predicted octanol–water partition coefficient (Wildman–Crippen LogP) is 4.36. The summed E-state index contributed by atoms with van der Waals surface area (Å²) in [5.41, 5.74) is 1.40. The molecule has 2 rings (SSSR count). The molecule has 1 aliphatic rings. The maximum Gasteiger partial charge on any atom is 0.122 e. The van der Waals surface area contributed by atoms with Gasteiger partial charge in [-0.05, 0) is 36.9 Å². The highest BCUT2D eigenvalue weighted by Crippen LogP contribution is 2.37. The van der Waals surface area contributed by atoms with Crippen molar-refractivity contribution in [3.63, 3.8) is 0 Å². The monoisotopic (exact) mass is 275 g/mol. The first kappa shape index (κ1) is 15.4. The standard InChI is InChI=1S/C18H29NO/c1-4-14(5-2)13-17(19-6-3)15-11-12-20-18-10-8-7-9-16(15)18/h7-10,14-15,17,19H,4-6,11-13H2,1-3H3. The Morgan fingerprint density at radius 2 is 1.95 bits per heavy atom. The van der Waals surface area contributed by atoms with Crippen LogP contribution in [0.4, 0.5) is 0 Å². The number of nitrogens with one attached hydrogen (secondary N) is 1. The second kappa shape index (κ2) is 7.68. The molecular formula is C18H29NO. The smallest absolute Gasteiger partial charge is 0.122 e. The summed E-state index contributed by atoms with van der Waals surface area (Å²) in [6, 6.07) is 9.15. The molecular weight excluding hydrogens is 246 g/mol. The van der Waals surface area contributed by atoms with Crippen molar-refractivity contribution in [3.05, 3.63) is 29.8 Å². The molecule has 0 radical (unpaired) electrons. The number of hydrogen-bond donors (Lipinski definition) is 1. The van der Waals surface area contributed by atoms with Gasteiger partial charge in [-0.15, -0.1) is 0 Å². The lowest BCUT2D eigenvalue weighted by atomic mass is 9.81. The molecule has 0 saturated heterocycles. The van der Waals surface area contributed by atoms with E-state index in [2.05, 4.69) is 50.4 Å². The highest BCUT2D eigenvalue weighted by Gasteiger charge is 2.29. The summed E-state index contributed by atoms with van der Waals surface area (Å²) >= 11 is 0. The molecule has 0 spiro atoms. The minimum absolute atomic E-state index is 0.579. The number of para-hydroxylation sites is 1. The molecule has 2 nitrogen and oxygen atoms in total. The van der Waals surface area contributed by atoms with E-state index in [1.165, 1.54) is 24.8 Å². The fraction of sp³-hybridized carbons (Fsp3) is 0.667. The van der Waals surface area contributed by atoms with E-state index in [0.717, 1.165) is 31.2 Å². The van der Waals surface area contributed by atoms with Gasteiger partial charge in [-0.2, -0.15) is 0 Å². The van der Waals surface area contributed by atoms with E-state index in [4.69, 9.17) is 4.74 Å². The Morgan fingerprint density at radius 1 is 1.20 bits per heavy atom. The molecule has 1 aliphatic heterocycles. The van der Waals surface area contributed by atoms with Gasteiger partial charge in [0.15, 0.2) is 0 Å². The van der Waals surface area contributed by atoms with Crippen LogP contribution in [0.25, 0.3) is 0 Å². The van der Waals surface area contributed by atoms with E-state index in [1.54, 1.807) is 0 Å². The minimum atomic E-state index is 0.579. The van der Waals surface area contributed by atoms with Crippen LogP contribution in [-0.2, 0) is 0 Å². The minimum Gasteiger partial charge on any atom is -0.493 e. The summed E-state index contributed by atoms with van der Waals surface area (Å²) in [5, 5.41) is 3.74. The third-order valence-corrected chi connectivity index (χ3v) is 4.70. The second-order valence-electron chi connectivity index (χ2n) is 5.86. The van der Waals surface area contributed by atoms with Crippen molar-refractivity contribution in [3.8, 4) is 5.75 Å². The Hall–Kier alpha value is -1.02. The molecule has 20 heavy (non-hydrogen) atoms. The van der Waals surface area contributed by atoms with Crippen LogP contribution in [0, 0.1) is 5.92 Å². The summed E-state index contributed by atoms with van der Waals surface area (Å²) in [7, 11) is 0. The first-order valence-electron chi connectivity index (χ1n) is 8.25. The third kappa shape index (κ3) is 3.54. The maximum absolute atomic E-state index is 5.81. The van der Waals surface area contributed by atoms with Crippen molar-refractivity contribution in [2.45, 2.75) is 58.4 Å². The van der Waals surface area contributed by atoms with Crippen LogP contribution in [0.1, 0.15) is 57.9 Å². The van der Waals surface area contributed by atoms with Crippen LogP contribution in [0.5, 0.6) is 5.75 Å². The highest BCUT2D eigenvalue weighted by atomic mass is 16.5. The second-order valence-corrected chi connectivity index (χ2v) is 5.86. The molecule has 1 heterocycles. The van der Waals surface area contributed by atoms with Gasteiger partial charge in [0.05, 0.1) is 6.61 Å². The van der Waals surface area contributed by atoms with E-state index in [9.17, 15) is 0 Å². The first-order chi connectivity index (χ1) is 9.80. The van der Waals surface area contributed by atoms with Gasteiger partial charge in [-0.25, -0.2) is 0 Å². The average Bonchev–Trinajstić information content (AvgIpc) is 2.51. The number of likely N-dealkylation sites (N-methyl/N-ethyl adjacent to an activating group) is 1. The zero-order valence-electron chi connectivity index (χ0n) is 13.2. The summed E-state index contributed by atoms with van der Waals surface area (Å²) in [4.78, 5) is 0. The Balaban J connectivity index is 2.17.